The summed E-state index contributed by atoms with van der Waals surface area (Å²) in [6.07, 6.45) is 1.22. The van der Waals surface area contributed by atoms with E-state index < -0.39 is 40.1 Å². The Bertz CT molecular complexity index is 1730. The number of para-hydroxylation sites is 1. The minimum atomic E-state index is -0.975. The van der Waals surface area contributed by atoms with Crippen LogP contribution >= 0.6 is 0 Å². The number of carbonyl (C=O) groups is 1. The first kappa shape index (κ1) is 27.9. The van der Waals surface area contributed by atoms with Crippen LogP contribution in [0.25, 0.3) is 28.0 Å². The first-order valence-electron chi connectivity index (χ1n) is 13.1. The third-order valence-corrected chi connectivity index (χ3v) is 7.28. The van der Waals surface area contributed by atoms with Gasteiger partial charge in [-0.1, -0.05) is 38.6 Å². The molecular weight excluding hydrogens is 535 g/mol. The molecule has 0 saturated carbocycles. The fraction of sp³-hybridized carbons (Fsp3) is 0.267. The van der Waals surface area contributed by atoms with E-state index in [4.69, 9.17) is 0 Å². The number of hydrogen-bond donors (Lipinski definition) is 1. The summed E-state index contributed by atoms with van der Waals surface area (Å²) in [7, 11) is 0. The van der Waals surface area contributed by atoms with Crippen molar-refractivity contribution in [3.63, 3.8) is 0 Å². The van der Waals surface area contributed by atoms with Crippen LogP contribution in [0.15, 0.2) is 59.9 Å². The average molecular weight is 564 g/mol. The van der Waals surface area contributed by atoms with E-state index in [1.165, 1.54) is 30.3 Å². The van der Waals surface area contributed by atoms with E-state index in [0.29, 0.717) is 18.7 Å². The highest BCUT2D eigenvalue weighted by Crippen LogP contribution is 2.37. The molecule has 1 amide bonds. The van der Waals surface area contributed by atoms with Gasteiger partial charge in [-0.3, -0.25) is 4.79 Å². The SMILES string of the molecule is C=CC(=O)N1CCN(c2nc(=O)n(-c3c(F)cccc3C(C)C)c3nc(-c4c(O)cccc4F)c(F)cc23)[C@@H](C)C1. The number of aromatic hydroxyl groups is 1. The van der Waals surface area contributed by atoms with Crippen molar-refractivity contribution in [1.29, 1.82) is 0 Å². The highest BCUT2D eigenvalue weighted by atomic mass is 19.1. The van der Waals surface area contributed by atoms with Crippen molar-refractivity contribution in [2.45, 2.75) is 32.7 Å². The van der Waals surface area contributed by atoms with Crippen LogP contribution in [-0.4, -0.2) is 56.1 Å². The van der Waals surface area contributed by atoms with E-state index in [1.54, 1.807) is 15.9 Å². The number of rotatable bonds is 5. The molecule has 0 unspecified atom stereocenters. The molecule has 1 saturated heterocycles. The summed E-state index contributed by atoms with van der Waals surface area (Å²) < 4.78 is 47.0. The molecule has 2 aromatic carbocycles. The minimum absolute atomic E-state index is 0.0787. The number of phenols is 1. The monoisotopic (exact) mass is 563 g/mol. The number of amides is 1. The van der Waals surface area contributed by atoms with E-state index in [0.717, 1.165) is 16.7 Å². The normalized spacial score (nSPS) is 15.5. The van der Waals surface area contributed by atoms with Crippen LogP contribution in [0.5, 0.6) is 5.75 Å². The highest BCUT2D eigenvalue weighted by molar-refractivity contribution is 5.91. The zero-order valence-corrected chi connectivity index (χ0v) is 22.7. The van der Waals surface area contributed by atoms with Crippen molar-refractivity contribution in [3.05, 3.63) is 88.6 Å². The predicted molar refractivity (Wildman–Crippen MR) is 150 cm³/mol. The molecular formula is C30H28F3N5O3. The van der Waals surface area contributed by atoms with Gasteiger partial charge in [-0.05, 0) is 48.7 Å². The number of halogens is 3. The summed E-state index contributed by atoms with van der Waals surface area (Å²) in [4.78, 5) is 37.9. The lowest BCUT2D eigenvalue weighted by atomic mass is 10.0. The number of aromatic nitrogens is 3. The second kappa shape index (κ2) is 10.7. The van der Waals surface area contributed by atoms with Crippen molar-refractivity contribution in [2.24, 2.45) is 0 Å². The molecule has 11 heteroatoms. The van der Waals surface area contributed by atoms with Crippen molar-refractivity contribution in [3.8, 4) is 22.7 Å². The fourth-order valence-electron chi connectivity index (χ4n) is 5.28. The standard InChI is InChI=1S/C30H28F3N5O3/c1-5-24(40)36-12-13-37(17(4)15-36)28-19-14-22(33)26(25-20(31)9-7-11-23(25)39)34-29(19)38(30(41)35-28)27-18(16(2)3)8-6-10-21(27)32/h5-11,14,16-17,39H,1,12-13,15H2,2-4H3/t17-/m0/s1. The topological polar surface area (TPSA) is 91.6 Å². The molecule has 4 aromatic rings. The molecule has 2 aromatic heterocycles. The van der Waals surface area contributed by atoms with Crippen molar-refractivity contribution in [2.75, 3.05) is 24.5 Å². The van der Waals surface area contributed by atoms with E-state index in [-0.39, 0.29) is 47.0 Å². The maximum absolute atomic E-state index is 15.7. The molecule has 1 aliphatic rings. The van der Waals surface area contributed by atoms with Gasteiger partial charge in [-0.15, -0.1) is 0 Å². The van der Waals surface area contributed by atoms with E-state index >= 15 is 8.78 Å². The Morgan fingerprint density at radius 1 is 1.07 bits per heavy atom. The number of anilines is 1. The van der Waals surface area contributed by atoms with E-state index in [2.05, 4.69) is 16.5 Å². The smallest absolute Gasteiger partial charge is 0.355 e. The number of fused-ring (bicyclic) bond motifs is 1. The van der Waals surface area contributed by atoms with Gasteiger partial charge in [0.05, 0.1) is 16.6 Å². The van der Waals surface area contributed by atoms with Gasteiger partial charge in [0.1, 0.15) is 28.9 Å². The third kappa shape index (κ3) is 4.81. The highest BCUT2D eigenvalue weighted by Gasteiger charge is 2.31. The zero-order chi connectivity index (χ0) is 29.6. The second-order valence-electron chi connectivity index (χ2n) is 10.2. The Kier molecular flexibility index (Phi) is 7.29. The lowest BCUT2D eigenvalue weighted by Crippen LogP contribution is -2.54. The Morgan fingerprint density at radius 3 is 2.44 bits per heavy atom. The molecule has 8 nitrogen and oxygen atoms in total. The number of benzene rings is 2. The first-order valence-corrected chi connectivity index (χ1v) is 13.1. The lowest BCUT2D eigenvalue weighted by Gasteiger charge is -2.40. The molecule has 1 fully saturated rings. The van der Waals surface area contributed by atoms with Crippen molar-refractivity contribution in [1.82, 2.24) is 19.4 Å². The van der Waals surface area contributed by atoms with Gasteiger partial charge < -0.3 is 14.9 Å². The maximum Gasteiger partial charge on any atom is 0.355 e. The average Bonchev–Trinajstić information content (AvgIpc) is 2.93. The van der Waals surface area contributed by atoms with Crippen LogP contribution in [0.2, 0.25) is 0 Å². The summed E-state index contributed by atoms with van der Waals surface area (Å²) in [6.45, 7) is 9.86. The van der Waals surface area contributed by atoms with Gasteiger partial charge in [-0.25, -0.2) is 27.5 Å². The number of piperazine rings is 1. The van der Waals surface area contributed by atoms with Crippen LogP contribution in [0.3, 0.4) is 0 Å². The summed E-state index contributed by atoms with van der Waals surface area (Å²) in [5.41, 5.74) is -1.70. The molecule has 0 radical (unpaired) electrons. The van der Waals surface area contributed by atoms with Crippen LogP contribution in [-0.2, 0) is 4.79 Å². The first-order chi connectivity index (χ1) is 19.5. The van der Waals surface area contributed by atoms with Gasteiger partial charge in [-0.2, -0.15) is 4.98 Å². The van der Waals surface area contributed by atoms with E-state index in [9.17, 15) is 19.1 Å². The summed E-state index contributed by atoms with van der Waals surface area (Å²) in [6, 6.07) is 8.60. The Hall–Kier alpha value is -4.67. The summed E-state index contributed by atoms with van der Waals surface area (Å²) in [5.74, 6) is -3.54. The molecule has 0 aliphatic carbocycles. The fourth-order valence-corrected chi connectivity index (χ4v) is 5.28. The number of phenolic OH excluding ortho intramolecular Hbond substituents is 1. The predicted octanol–water partition coefficient (Wildman–Crippen LogP) is 4.92. The quantitative estimate of drug-likeness (QED) is 0.347. The van der Waals surface area contributed by atoms with Gasteiger partial charge >= 0.3 is 5.69 Å². The maximum atomic E-state index is 15.7. The van der Waals surface area contributed by atoms with Gasteiger partial charge in [0.25, 0.3) is 0 Å². The number of nitrogens with zero attached hydrogens (tertiary/aromatic N) is 5. The Morgan fingerprint density at radius 2 is 1.78 bits per heavy atom. The molecule has 1 N–H and O–H groups in total. The number of pyridine rings is 1. The lowest BCUT2D eigenvalue weighted by molar-refractivity contribution is -0.126. The largest absolute Gasteiger partial charge is 0.507 e. The molecule has 0 spiro atoms. The molecule has 5 rings (SSSR count). The van der Waals surface area contributed by atoms with Crippen LogP contribution in [0.4, 0.5) is 19.0 Å². The van der Waals surface area contributed by atoms with E-state index in [1.807, 2.05) is 20.8 Å². The molecule has 41 heavy (non-hydrogen) atoms. The summed E-state index contributed by atoms with van der Waals surface area (Å²) >= 11 is 0. The van der Waals surface area contributed by atoms with Crippen molar-refractivity contribution < 1.29 is 23.1 Å². The zero-order valence-electron chi connectivity index (χ0n) is 22.7. The summed E-state index contributed by atoms with van der Waals surface area (Å²) in [5, 5.41) is 10.5. The van der Waals surface area contributed by atoms with Gasteiger partial charge in [0.2, 0.25) is 5.91 Å². The molecule has 212 valence electrons. The van der Waals surface area contributed by atoms with Crippen LogP contribution < -0.4 is 10.6 Å². The van der Waals surface area contributed by atoms with Crippen LogP contribution in [0, 0.1) is 17.5 Å². The Labute approximate surface area is 234 Å². The number of carbonyl (C=O) groups excluding carboxylic acids is 1. The third-order valence-electron chi connectivity index (χ3n) is 7.28. The molecule has 1 atom stereocenters. The number of hydrogen-bond acceptors (Lipinski definition) is 6. The molecule has 1 aliphatic heterocycles. The van der Waals surface area contributed by atoms with Gasteiger partial charge in [0.15, 0.2) is 11.5 Å². The molecule has 0 bridgehead atoms. The molecule has 3 heterocycles. The second-order valence-corrected chi connectivity index (χ2v) is 10.2. The van der Waals surface area contributed by atoms with Crippen molar-refractivity contribution >= 4 is 22.8 Å². The minimum Gasteiger partial charge on any atom is -0.507 e. The Balaban J connectivity index is 1.83. The van der Waals surface area contributed by atoms with Gasteiger partial charge in [0, 0.05) is 25.7 Å². The van der Waals surface area contributed by atoms with Crippen LogP contribution in [0.1, 0.15) is 32.3 Å².